The lowest BCUT2D eigenvalue weighted by molar-refractivity contribution is -0.179. The fraction of sp³-hybridized carbons (Fsp3) is 0.591. The maximum Gasteiger partial charge on any atom is 0.547 e. The van der Waals surface area contributed by atoms with Gasteiger partial charge < -0.3 is 24.5 Å². The molecule has 1 aromatic carbocycles. The van der Waals surface area contributed by atoms with Crippen LogP contribution in [0.4, 0.5) is 8.78 Å². The maximum atomic E-state index is 13.0. The van der Waals surface area contributed by atoms with Crippen molar-refractivity contribution < 1.29 is 42.3 Å². The molecular weight excluding hydrogens is 439 g/mol. The van der Waals surface area contributed by atoms with Gasteiger partial charge in [0, 0.05) is 18.8 Å². The van der Waals surface area contributed by atoms with Crippen molar-refractivity contribution in [3.63, 3.8) is 0 Å². The zero-order chi connectivity index (χ0) is 24.9. The van der Waals surface area contributed by atoms with E-state index in [-0.39, 0.29) is 23.7 Å². The zero-order valence-corrected chi connectivity index (χ0v) is 19.4. The molecule has 0 radical (unpaired) electrons. The van der Waals surface area contributed by atoms with Gasteiger partial charge in [-0.3, -0.25) is 9.59 Å². The molecule has 2 atom stereocenters. The van der Waals surface area contributed by atoms with E-state index in [2.05, 4.69) is 5.32 Å². The van der Waals surface area contributed by atoms with Crippen molar-refractivity contribution in [3.05, 3.63) is 29.3 Å². The Morgan fingerprint density at radius 1 is 1.24 bits per heavy atom. The summed E-state index contributed by atoms with van der Waals surface area (Å²) in [5.74, 6) is -6.44. The minimum atomic E-state index is -2.97. The van der Waals surface area contributed by atoms with Gasteiger partial charge in [-0.1, -0.05) is 39.8 Å². The Morgan fingerprint density at radius 2 is 1.91 bits per heavy atom. The molecule has 0 aromatic heterocycles. The number of hydrogen-bond donors (Lipinski definition) is 2. The molecule has 1 aromatic rings. The third-order valence-electron chi connectivity index (χ3n) is 4.95. The third-order valence-corrected chi connectivity index (χ3v) is 4.95. The van der Waals surface area contributed by atoms with Crippen LogP contribution in [-0.2, 0) is 25.5 Å². The van der Waals surface area contributed by atoms with Gasteiger partial charge in [0.25, 0.3) is 0 Å². The number of carbonyl (C=O) groups is 3. The summed E-state index contributed by atoms with van der Waals surface area (Å²) in [6.07, 6.45) is -2.02. The lowest BCUT2D eigenvalue weighted by Crippen LogP contribution is -2.53. The van der Waals surface area contributed by atoms with Gasteiger partial charge in [0.05, 0.1) is 11.9 Å². The van der Waals surface area contributed by atoms with E-state index in [0.717, 1.165) is 6.92 Å². The monoisotopic (exact) mass is 469 g/mol. The molecule has 8 nitrogen and oxygen atoms in total. The van der Waals surface area contributed by atoms with Gasteiger partial charge >= 0.3 is 19.1 Å². The Balaban J connectivity index is 2.12. The third kappa shape index (κ3) is 7.69. The largest absolute Gasteiger partial charge is 0.547 e. The lowest BCUT2D eigenvalue weighted by atomic mass is 9.72. The summed E-state index contributed by atoms with van der Waals surface area (Å²) in [4.78, 5) is 36.7. The van der Waals surface area contributed by atoms with E-state index in [1.54, 1.807) is 39.8 Å². The van der Waals surface area contributed by atoms with Crippen LogP contribution < -0.4 is 9.97 Å². The summed E-state index contributed by atoms with van der Waals surface area (Å²) < 4.78 is 42.1. The van der Waals surface area contributed by atoms with E-state index < -0.39 is 61.9 Å². The molecule has 11 heteroatoms. The van der Waals surface area contributed by atoms with Crippen LogP contribution in [-0.4, -0.2) is 48.1 Å². The fourth-order valence-electron chi connectivity index (χ4n) is 3.04. The van der Waals surface area contributed by atoms with Crippen LogP contribution in [0, 0.1) is 11.8 Å². The van der Waals surface area contributed by atoms with Crippen LogP contribution in [0.15, 0.2) is 18.2 Å². The number of rotatable bonds is 9. The number of para-hydroxylation sites is 1. The normalized spacial score (nSPS) is 16.7. The number of ether oxygens (including phenoxy) is 2. The maximum absolute atomic E-state index is 13.0. The second kappa shape index (κ2) is 11.0. The first-order chi connectivity index (χ1) is 15.3. The average Bonchev–Trinajstić information content (AvgIpc) is 2.71. The molecule has 2 N–H and O–H groups in total. The number of fused-ring (bicyclic) bond motifs is 1. The Labute approximate surface area is 192 Å². The van der Waals surface area contributed by atoms with Crippen molar-refractivity contribution in [2.45, 2.75) is 72.0 Å². The molecule has 0 saturated heterocycles. The zero-order valence-electron chi connectivity index (χ0n) is 19.4. The molecule has 33 heavy (non-hydrogen) atoms. The van der Waals surface area contributed by atoms with E-state index >= 15 is 0 Å². The molecule has 0 bridgehead atoms. The summed E-state index contributed by atoms with van der Waals surface area (Å²) in [6, 6.07) is 4.67. The number of nitrogens with one attached hydrogen (secondary N) is 1. The highest BCUT2D eigenvalue weighted by Crippen LogP contribution is 2.31. The molecule has 0 fully saturated rings. The molecule has 1 aliphatic heterocycles. The number of halogens is 2. The van der Waals surface area contributed by atoms with Gasteiger partial charge in [-0.05, 0) is 25.0 Å². The summed E-state index contributed by atoms with van der Waals surface area (Å²) >= 11 is 0. The second-order valence-electron chi connectivity index (χ2n) is 8.86. The molecule has 182 valence electrons. The van der Waals surface area contributed by atoms with Crippen molar-refractivity contribution >= 4 is 25.0 Å². The van der Waals surface area contributed by atoms with Gasteiger partial charge in [0.2, 0.25) is 18.1 Å². The predicted molar refractivity (Wildman–Crippen MR) is 116 cm³/mol. The summed E-state index contributed by atoms with van der Waals surface area (Å²) in [5, 5.41) is 12.8. The molecule has 0 spiro atoms. The lowest BCUT2D eigenvalue weighted by Gasteiger charge is -2.29. The van der Waals surface area contributed by atoms with Crippen LogP contribution in [0.25, 0.3) is 0 Å². The molecule has 1 unspecified atom stereocenters. The Kier molecular flexibility index (Phi) is 8.82. The molecule has 1 heterocycles. The van der Waals surface area contributed by atoms with E-state index in [1.165, 1.54) is 6.07 Å². The van der Waals surface area contributed by atoms with Gasteiger partial charge in [0.15, 0.2) is 0 Å². The molecule has 1 amide bonds. The van der Waals surface area contributed by atoms with E-state index in [1.807, 2.05) is 0 Å². The standard InChI is InChI=1S/C22H30BF2NO7/c1-12(2)19(28)31-21(13(3)4)32-20(29)15-8-6-7-14-11-16(23(30)33-18(14)15)26-17(27)9-10-22(5,24)25/h6-8,12-13,16,21,30H,9-11H2,1-5H3,(H,26,27)/t16-,21?/m0/s1. The molecule has 0 saturated carbocycles. The SMILES string of the molecule is CC(C)C(=O)OC(OC(=O)c1cccc2c1OB(O)[C@@H](NC(=O)CCC(C)(F)F)C2)C(C)C. The van der Waals surface area contributed by atoms with E-state index in [9.17, 15) is 28.2 Å². The van der Waals surface area contributed by atoms with Crippen LogP contribution in [0.2, 0.25) is 0 Å². The van der Waals surface area contributed by atoms with Gasteiger partial charge in [-0.2, -0.15) is 0 Å². The topological polar surface area (TPSA) is 111 Å². The average molecular weight is 469 g/mol. The second-order valence-corrected chi connectivity index (χ2v) is 8.86. The highest BCUT2D eigenvalue weighted by atomic mass is 19.3. The smallest absolute Gasteiger partial charge is 0.534 e. The number of hydrogen-bond acceptors (Lipinski definition) is 7. The van der Waals surface area contributed by atoms with Gasteiger partial charge in [-0.15, -0.1) is 0 Å². The predicted octanol–water partition coefficient (Wildman–Crippen LogP) is 2.90. The molecule has 0 aliphatic carbocycles. The van der Waals surface area contributed by atoms with Crippen molar-refractivity contribution in [2.75, 3.05) is 0 Å². The van der Waals surface area contributed by atoms with Crippen LogP contribution in [0.5, 0.6) is 5.75 Å². The highest BCUT2D eigenvalue weighted by Gasteiger charge is 2.38. The number of carbonyl (C=O) groups excluding carboxylic acids is 3. The number of amides is 1. The van der Waals surface area contributed by atoms with Crippen molar-refractivity contribution in [1.29, 1.82) is 0 Å². The number of esters is 2. The van der Waals surface area contributed by atoms with Gasteiger partial charge in [-0.25, -0.2) is 13.6 Å². The minimum absolute atomic E-state index is 0.0215. The van der Waals surface area contributed by atoms with Crippen molar-refractivity contribution in [1.82, 2.24) is 5.32 Å². The van der Waals surface area contributed by atoms with Gasteiger partial charge in [0.1, 0.15) is 11.3 Å². The first-order valence-electron chi connectivity index (χ1n) is 10.8. The van der Waals surface area contributed by atoms with E-state index in [0.29, 0.717) is 5.56 Å². The van der Waals surface area contributed by atoms with Crippen LogP contribution in [0.3, 0.4) is 0 Å². The quantitative estimate of drug-likeness (QED) is 0.325. The Morgan fingerprint density at radius 3 is 2.48 bits per heavy atom. The van der Waals surface area contributed by atoms with Crippen molar-refractivity contribution in [2.24, 2.45) is 11.8 Å². The minimum Gasteiger partial charge on any atom is -0.534 e. The number of alkyl halides is 2. The Hall–Kier alpha value is -2.69. The first kappa shape index (κ1) is 26.6. The van der Waals surface area contributed by atoms with Crippen LogP contribution >= 0.6 is 0 Å². The number of benzene rings is 1. The summed E-state index contributed by atoms with van der Waals surface area (Å²) in [5.41, 5.74) is 0.536. The highest BCUT2D eigenvalue weighted by molar-refractivity contribution is 6.47. The first-order valence-corrected chi connectivity index (χ1v) is 10.8. The fourth-order valence-corrected chi connectivity index (χ4v) is 3.04. The Bertz CT molecular complexity index is 873. The van der Waals surface area contributed by atoms with Crippen LogP contribution in [0.1, 0.15) is 63.4 Å². The van der Waals surface area contributed by atoms with E-state index in [4.69, 9.17) is 14.1 Å². The molecule has 2 rings (SSSR count). The summed E-state index contributed by atoms with van der Waals surface area (Å²) in [6.45, 7) is 7.51. The van der Waals surface area contributed by atoms with Crippen molar-refractivity contribution in [3.8, 4) is 5.75 Å². The summed E-state index contributed by atoms with van der Waals surface area (Å²) in [7, 11) is -1.50. The molecule has 1 aliphatic rings. The molecular formula is C22H30BF2NO7.